The predicted octanol–water partition coefficient (Wildman–Crippen LogP) is 2.01. The maximum Gasteiger partial charge on any atom is 0.552 e. The number of aromatic nitrogens is 2. The van der Waals surface area contributed by atoms with Crippen LogP contribution in [0.1, 0.15) is 18.4 Å². The third-order valence-corrected chi connectivity index (χ3v) is 7.39. The Morgan fingerprint density at radius 3 is 3.04 bits per heavy atom. The number of hydrogen-bond donors (Lipinski definition) is 3. The van der Waals surface area contributed by atoms with E-state index in [0.29, 0.717) is 16.9 Å². The third-order valence-electron chi connectivity index (χ3n) is 4.97. The van der Waals surface area contributed by atoms with E-state index in [1.807, 2.05) is 24.5 Å². The van der Waals surface area contributed by atoms with Gasteiger partial charge in [0.05, 0.1) is 6.20 Å². The van der Waals surface area contributed by atoms with Crippen LogP contribution in [0.2, 0.25) is 0 Å². The van der Waals surface area contributed by atoms with Crippen molar-refractivity contribution in [2.24, 2.45) is 11.1 Å². The van der Waals surface area contributed by atoms with Crippen molar-refractivity contribution in [3.05, 3.63) is 30.0 Å². The van der Waals surface area contributed by atoms with Crippen LogP contribution in [0.15, 0.2) is 24.4 Å². The van der Waals surface area contributed by atoms with Gasteiger partial charge in [-0.05, 0) is 36.4 Å². The van der Waals surface area contributed by atoms with E-state index >= 15 is 0 Å². The summed E-state index contributed by atoms with van der Waals surface area (Å²) in [6.07, 6.45) is 7.50. The van der Waals surface area contributed by atoms with Gasteiger partial charge in [-0.2, -0.15) is 0 Å². The van der Waals surface area contributed by atoms with Crippen LogP contribution in [0.3, 0.4) is 0 Å². The largest absolute Gasteiger partial charge is 0.552 e. The number of nitrogens with two attached hydrogens (primary N) is 1. The SMILES string of the molecule is COS(C)(N)C1CC(C2=CB(O)Oc3cnc4[nH]ccc4c32)C1. The van der Waals surface area contributed by atoms with E-state index in [9.17, 15) is 5.02 Å². The zero-order valence-corrected chi connectivity index (χ0v) is 14.0. The number of nitrogens with zero attached hydrogens (tertiary/aromatic N) is 1. The van der Waals surface area contributed by atoms with Crippen molar-refractivity contribution in [2.75, 3.05) is 13.4 Å². The Hall–Kier alpha value is -1.48. The number of pyridine rings is 1. The van der Waals surface area contributed by atoms with Gasteiger partial charge in [-0.15, -0.1) is 0 Å². The highest BCUT2D eigenvalue weighted by molar-refractivity contribution is 8.28. The molecule has 4 rings (SSSR count). The van der Waals surface area contributed by atoms with Crippen molar-refractivity contribution < 1.29 is 13.9 Å². The van der Waals surface area contributed by atoms with Crippen LogP contribution in [0.5, 0.6) is 5.75 Å². The van der Waals surface area contributed by atoms with Gasteiger partial charge in [0.1, 0.15) is 11.4 Å². The van der Waals surface area contributed by atoms with Gasteiger partial charge < -0.3 is 18.8 Å². The second-order valence-corrected chi connectivity index (χ2v) is 9.22. The number of fused-ring (bicyclic) bond motifs is 3. The molecule has 122 valence electrons. The number of aromatic amines is 1. The third kappa shape index (κ3) is 2.37. The molecule has 4 N–H and O–H groups in total. The molecule has 23 heavy (non-hydrogen) atoms. The van der Waals surface area contributed by atoms with Crippen molar-refractivity contribution >= 4 is 34.2 Å². The Morgan fingerprint density at radius 2 is 2.30 bits per heavy atom. The topological polar surface area (TPSA) is 93.4 Å². The van der Waals surface area contributed by atoms with Crippen molar-refractivity contribution in [3.63, 3.8) is 0 Å². The molecule has 8 heteroatoms. The van der Waals surface area contributed by atoms with E-state index in [-0.39, 0.29) is 0 Å². The zero-order chi connectivity index (χ0) is 16.2. The van der Waals surface area contributed by atoms with Gasteiger partial charge >= 0.3 is 7.12 Å². The maximum atomic E-state index is 10.0. The van der Waals surface area contributed by atoms with Crippen LogP contribution in [0, 0.1) is 5.92 Å². The van der Waals surface area contributed by atoms with E-state index in [2.05, 4.69) is 9.97 Å². The molecule has 2 aromatic heterocycles. The molecule has 0 aromatic carbocycles. The summed E-state index contributed by atoms with van der Waals surface area (Å²) in [7, 11) is -0.733. The molecule has 0 radical (unpaired) electrons. The van der Waals surface area contributed by atoms with Crippen molar-refractivity contribution in [2.45, 2.75) is 18.1 Å². The van der Waals surface area contributed by atoms with Gasteiger partial charge in [0, 0.05) is 35.8 Å². The van der Waals surface area contributed by atoms with Gasteiger partial charge in [-0.25, -0.2) is 4.98 Å². The summed E-state index contributed by atoms with van der Waals surface area (Å²) in [5, 5.41) is 17.7. The molecule has 1 aliphatic heterocycles. The van der Waals surface area contributed by atoms with E-state index in [4.69, 9.17) is 14.0 Å². The average Bonchev–Trinajstić information content (AvgIpc) is 2.93. The first-order valence-electron chi connectivity index (χ1n) is 7.63. The summed E-state index contributed by atoms with van der Waals surface area (Å²) >= 11 is 0. The number of allylic oxidation sites excluding steroid dienone is 1. The van der Waals surface area contributed by atoms with Gasteiger partial charge in [0.2, 0.25) is 0 Å². The standard InChI is InChI=1S/C15H20BN3O3S/c1-21-23(2,17)10-5-9(6-10)12-7-16(20)22-13-8-19-15-11(14(12)13)3-4-18-15/h3-4,7-10,20H,5-6,17H2,1-2H3,(H,18,19). The van der Waals surface area contributed by atoms with E-state index in [1.165, 1.54) is 0 Å². The summed E-state index contributed by atoms with van der Waals surface area (Å²) in [5.74, 6) is 2.81. The van der Waals surface area contributed by atoms with Crippen LogP contribution in [-0.4, -0.2) is 40.7 Å². The molecule has 0 spiro atoms. The molecular formula is C15H20BN3O3S. The lowest BCUT2D eigenvalue weighted by Crippen LogP contribution is -2.39. The minimum absolute atomic E-state index is 0.364. The Kier molecular flexibility index (Phi) is 3.46. The molecule has 3 heterocycles. The van der Waals surface area contributed by atoms with Crippen molar-refractivity contribution in [1.29, 1.82) is 0 Å². The van der Waals surface area contributed by atoms with Crippen LogP contribution in [0.4, 0.5) is 0 Å². The summed E-state index contributed by atoms with van der Waals surface area (Å²) < 4.78 is 11.0. The molecule has 1 fully saturated rings. The maximum absolute atomic E-state index is 10.0. The molecule has 6 nitrogen and oxygen atoms in total. The first-order valence-corrected chi connectivity index (χ1v) is 9.72. The summed E-state index contributed by atoms with van der Waals surface area (Å²) in [6, 6.07) is 2.00. The Balaban J connectivity index is 1.69. The van der Waals surface area contributed by atoms with Crippen molar-refractivity contribution in [1.82, 2.24) is 9.97 Å². The highest BCUT2D eigenvalue weighted by atomic mass is 32.3. The molecule has 0 saturated heterocycles. The second-order valence-electron chi connectivity index (χ2n) is 6.29. The van der Waals surface area contributed by atoms with E-state index < -0.39 is 17.6 Å². The molecule has 1 unspecified atom stereocenters. The fraction of sp³-hybridized carbons (Fsp3) is 0.400. The number of rotatable bonds is 3. The molecule has 0 bridgehead atoms. The monoisotopic (exact) mass is 333 g/mol. The molecule has 0 amide bonds. The van der Waals surface area contributed by atoms with Crippen LogP contribution in [0.25, 0.3) is 16.6 Å². The van der Waals surface area contributed by atoms with Crippen LogP contribution in [-0.2, 0) is 4.18 Å². The molecule has 1 atom stereocenters. The summed E-state index contributed by atoms with van der Waals surface area (Å²) in [6.45, 7) is 0. The quantitative estimate of drug-likeness (QED) is 0.747. The lowest BCUT2D eigenvalue weighted by Gasteiger charge is -2.48. The smallest absolute Gasteiger partial charge is 0.531 e. The fourth-order valence-corrected chi connectivity index (χ4v) is 4.96. The van der Waals surface area contributed by atoms with E-state index in [0.717, 1.165) is 35.0 Å². The summed E-state index contributed by atoms with van der Waals surface area (Å²) in [4.78, 5) is 7.47. The normalized spacial score (nSPS) is 27.5. The zero-order valence-electron chi connectivity index (χ0n) is 13.2. The molecule has 2 aliphatic rings. The first-order chi connectivity index (χ1) is 11.0. The minimum atomic E-state index is -1.50. The highest BCUT2D eigenvalue weighted by Gasteiger charge is 2.42. The van der Waals surface area contributed by atoms with E-state index in [1.54, 1.807) is 13.3 Å². The minimum Gasteiger partial charge on any atom is -0.531 e. The van der Waals surface area contributed by atoms with Gasteiger partial charge in [-0.1, -0.05) is 10.5 Å². The predicted molar refractivity (Wildman–Crippen MR) is 93.9 cm³/mol. The number of H-pyrrole nitrogens is 1. The molecule has 1 saturated carbocycles. The number of hydrogen-bond acceptors (Lipinski definition) is 5. The molecular weight excluding hydrogens is 313 g/mol. The van der Waals surface area contributed by atoms with Gasteiger partial charge in [-0.3, -0.25) is 5.14 Å². The Bertz CT molecular complexity index is 785. The van der Waals surface area contributed by atoms with Crippen LogP contribution < -0.4 is 9.79 Å². The van der Waals surface area contributed by atoms with Gasteiger partial charge in [0.15, 0.2) is 0 Å². The lowest BCUT2D eigenvalue weighted by molar-refractivity contribution is 0.370. The lowest BCUT2D eigenvalue weighted by atomic mass is 9.70. The van der Waals surface area contributed by atoms with Gasteiger partial charge in [0.25, 0.3) is 0 Å². The highest BCUT2D eigenvalue weighted by Crippen LogP contribution is 2.57. The second kappa shape index (κ2) is 5.27. The molecule has 1 aliphatic carbocycles. The summed E-state index contributed by atoms with van der Waals surface area (Å²) in [5.41, 5.74) is 3.00. The first kappa shape index (κ1) is 15.1. The Morgan fingerprint density at radius 1 is 1.52 bits per heavy atom. The number of nitrogens with one attached hydrogen (secondary N) is 1. The Labute approximate surface area is 136 Å². The molecule has 2 aromatic rings. The van der Waals surface area contributed by atoms with Crippen LogP contribution >= 0.6 is 10.5 Å². The fourth-order valence-electron chi connectivity index (χ4n) is 3.46. The van der Waals surface area contributed by atoms with Crippen molar-refractivity contribution in [3.8, 4) is 5.75 Å². The average molecular weight is 333 g/mol.